The Labute approximate surface area is 119 Å². The Balaban J connectivity index is 1.95. The Hall–Kier alpha value is 0.360. The fourth-order valence-electron chi connectivity index (χ4n) is 3.31. The molecule has 0 aliphatic carbocycles. The normalized spacial score (nSPS) is 29.3. The molecule has 0 saturated carbocycles. The highest BCUT2D eigenvalue weighted by molar-refractivity contribution is 9.09. The van der Waals surface area contributed by atoms with Crippen LogP contribution in [0, 0.1) is 5.41 Å². The summed E-state index contributed by atoms with van der Waals surface area (Å²) in [6.07, 6.45) is 7.17. The predicted octanol–water partition coefficient (Wildman–Crippen LogP) is 2.42. The van der Waals surface area contributed by atoms with Crippen molar-refractivity contribution >= 4 is 15.9 Å². The van der Waals surface area contributed by atoms with Gasteiger partial charge in [-0.1, -0.05) is 22.4 Å². The van der Waals surface area contributed by atoms with E-state index in [9.17, 15) is 5.11 Å². The first-order valence-electron chi connectivity index (χ1n) is 7.28. The van der Waals surface area contributed by atoms with Crippen LogP contribution >= 0.6 is 15.9 Å². The average Bonchev–Trinajstić information content (AvgIpc) is 2.42. The third-order valence-electron chi connectivity index (χ3n) is 4.59. The maximum Gasteiger partial charge on any atom is 0.0472 e. The van der Waals surface area contributed by atoms with Crippen LogP contribution in [0.3, 0.4) is 0 Å². The van der Waals surface area contributed by atoms with Gasteiger partial charge in [-0.2, -0.15) is 0 Å². The maximum atomic E-state index is 9.21. The lowest BCUT2D eigenvalue weighted by atomic mass is 9.80. The van der Waals surface area contributed by atoms with Gasteiger partial charge < -0.3 is 9.84 Å². The molecule has 1 N–H and O–H groups in total. The van der Waals surface area contributed by atoms with Crippen molar-refractivity contribution in [3.63, 3.8) is 0 Å². The second kappa shape index (κ2) is 7.22. The number of aliphatic hydroxyl groups excluding tert-OH is 1. The second-order valence-electron chi connectivity index (χ2n) is 5.88. The van der Waals surface area contributed by atoms with Crippen molar-refractivity contribution in [3.05, 3.63) is 0 Å². The molecular formula is C14H26BrNO2. The molecule has 2 rings (SSSR count). The van der Waals surface area contributed by atoms with Crippen molar-refractivity contribution < 1.29 is 9.84 Å². The van der Waals surface area contributed by atoms with E-state index in [1.807, 2.05) is 0 Å². The summed E-state index contributed by atoms with van der Waals surface area (Å²) in [5.41, 5.74) is 0.392. The van der Waals surface area contributed by atoms with Gasteiger partial charge in [0.25, 0.3) is 0 Å². The number of piperidine rings is 1. The molecule has 2 heterocycles. The molecule has 2 fully saturated rings. The largest absolute Gasteiger partial charge is 0.396 e. The van der Waals surface area contributed by atoms with Crippen LogP contribution in [0.4, 0.5) is 0 Å². The molecule has 4 heteroatoms. The van der Waals surface area contributed by atoms with Crippen LogP contribution in [0.15, 0.2) is 0 Å². The number of likely N-dealkylation sites (tertiary alicyclic amines) is 1. The number of halogens is 1. The lowest BCUT2D eigenvalue weighted by molar-refractivity contribution is -0.00817. The Morgan fingerprint density at radius 1 is 1.28 bits per heavy atom. The van der Waals surface area contributed by atoms with E-state index in [1.54, 1.807) is 0 Å². The van der Waals surface area contributed by atoms with E-state index in [4.69, 9.17) is 4.74 Å². The summed E-state index contributed by atoms with van der Waals surface area (Å²) < 4.78 is 5.51. The quantitative estimate of drug-likeness (QED) is 0.790. The Morgan fingerprint density at radius 3 is 2.72 bits per heavy atom. The summed E-state index contributed by atoms with van der Waals surface area (Å²) in [6, 6.07) is 0.600. The van der Waals surface area contributed by atoms with Gasteiger partial charge in [0.05, 0.1) is 0 Å². The van der Waals surface area contributed by atoms with E-state index in [2.05, 4.69) is 20.8 Å². The lowest BCUT2D eigenvalue weighted by Gasteiger charge is -2.44. The van der Waals surface area contributed by atoms with Crippen LogP contribution in [0.2, 0.25) is 0 Å². The molecule has 0 amide bonds. The number of nitrogens with zero attached hydrogens (tertiary/aromatic N) is 1. The SMILES string of the molecule is OCCC1CCCCN1CC1(CBr)CCOCC1. The van der Waals surface area contributed by atoms with Crippen molar-refractivity contribution in [1.82, 2.24) is 4.90 Å². The first kappa shape index (κ1) is 14.8. The highest BCUT2D eigenvalue weighted by Crippen LogP contribution is 2.35. The predicted molar refractivity (Wildman–Crippen MR) is 77.2 cm³/mol. The molecular weight excluding hydrogens is 294 g/mol. The summed E-state index contributed by atoms with van der Waals surface area (Å²) in [5, 5.41) is 10.3. The first-order chi connectivity index (χ1) is 8.79. The maximum absolute atomic E-state index is 9.21. The fourth-order valence-corrected chi connectivity index (χ4v) is 4.05. The summed E-state index contributed by atoms with van der Waals surface area (Å²) in [4.78, 5) is 2.63. The van der Waals surface area contributed by atoms with Gasteiger partial charge in [0.1, 0.15) is 0 Å². The number of aliphatic hydroxyl groups is 1. The van der Waals surface area contributed by atoms with Crippen LogP contribution < -0.4 is 0 Å². The molecule has 0 radical (unpaired) electrons. The van der Waals surface area contributed by atoms with Gasteiger partial charge in [-0.05, 0) is 44.1 Å². The molecule has 18 heavy (non-hydrogen) atoms. The standard InChI is InChI=1S/C14H26BrNO2/c15-11-14(5-9-18-10-6-14)12-16-7-2-1-3-13(16)4-8-17/h13,17H,1-12H2. The lowest BCUT2D eigenvalue weighted by Crippen LogP contribution is -2.49. The van der Waals surface area contributed by atoms with Crippen LogP contribution in [0.1, 0.15) is 38.5 Å². The van der Waals surface area contributed by atoms with Crippen LogP contribution in [0.5, 0.6) is 0 Å². The number of hydrogen-bond donors (Lipinski definition) is 1. The smallest absolute Gasteiger partial charge is 0.0472 e. The van der Waals surface area contributed by atoms with Gasteiger partial charge in [0, 0.05) is 37.7 Å². The van der Waals surface area contributed by atoms with E-state index in [-0.39, 0.29) is 0 Å². The zero-order chi connectivity index (χ0) is 12.8. The number of hydrogen-bond acceptors (Lipinski definition) is 3. The zero-order valence-corrected chi connectivity index (χ0v) is 12.8. The molecule has 2 saturated heterocycles. The Bertz CT molecular complexity index is 242. The van der Waals surface area contributed by atoms with Gasteiger partial charge >= 0.3 is 0 Å². The molecule has 0 aromatic rings. The molecule has 106 valence electrons. The topological polar surface area (TPSA) is 32.7 Å². The molecule has 1 unspecified atom stereocenters. The third-order valence-corrected chi connectivity index (χ3v) is 5.78. The van der Waals surface area contributed by atoms with Crippen LogP contribution in [0.25, 0.3) is 0 Å². The molecule has 1 atom stereocenters. The van der Waals surface area contributed by atoms with Crippen molar-refractivity contribution in [2.24, 2.45) is 5.41 Å². The Kier molecular flexibility index (Phi) is 5.93. The summed E-state index contributed by atoms with van der Waals surface area (Å²) >= 11 is 3.72. The van der Waals surface area contributed by atoms with E-state index in [1.165, 1.54) is 45.2 Å². The van der Waals surface area contributed by atoms with E-state index >= 15 is 0 Å². The van der Waals surface area contributed by atoms with Crippen LogP contribution in [-0.4, -0.2) is 54.3 Å². The summed E-state index contributed by atoms with van der Waals surface area (Å²) in [6.45, 7) is 4.52. The second-order valence-corrected chi connectivity index (χ2v) is 6.44. The summed E-state index contributed by atoms with van der Waals surface area (Å²) in [5.74, 6) is 0. The highest BCUT2D eigenvalue weighted by Gasteiger charge is 2.35. The average molecular weight is 320 g/mol. The summed E-state index contributed by atoms with van der Waals surface area (Å²) in [7, 11) is 0. The van der Waals surface area contributed by atoms with Gasteiger partial charge in [-0.15, -0.1) is 0 Å². The zero-order valence-electron chi connectivity index (χ0n) is 11.2. The molecule has 2 aliphatic heterocycles. The van der Waals surface area contributed by atoms with E-state index in [0.717, 1.165) is 25.0 Å². The monoisotopic (exact) mass is 319 g/mol. The fraction of sp³-hybridized carbons (Fsp3) is 1.00. The Morgan fingerprint density at radius 2 is 2.06 bits per heavy atom. The van der Waals surface area contributed by atoms with Gasteiger partial charge in [-0.3, -0.25) is 4.90 Å². The minimum absolute atomic E-state index is 0.325. The molecule has 3 nitrogen and oxygen atoms in total. The minimum Gasteiger partial charge on any atom is -0.396 e. The number of ether oxygens (including phenoxy) is 1. The highest BCUT2D eigenvalue weighted by atomic mass is 79.9. The molecule has 2 aliphatic rings. The van der Waals surface area contributed by atoms with E-state index < -0.39 is 0 Å². The van der Waals surface area contributed by atoms with E-state index in [0.29, 0.717) is 18.1 Å². The number of alkyl halides is 1. The minimum atomic E-state index is 0.325. The van der Waals surface area contributed by atoms with Crippen molar-refractivity contribution in [2.45, 2.75) is 44.6 Å². The van der Waals surface area contributed by atoms with Crippen molar-refractivity contribution in [1.29, 1.82) is 0 Å². The molecule has 0 spiro atoms. The molecule has 0 aromatic carbocycles. The van der Waals surface area contributed by atoms with Crippen molar-refractivity contribution in [3.8, 4) is 0 Å². The van der Waals surface area contributed by atoms with Gasteiger partial charge in [-0.25, -0.2) is 0 Å². The molecule has 0 bridgehead atoms. The number of rotatable bonds is 5. The van der Waals surface area contributed by atoms with Gasteiger partial charge in [0.15, 0.2) is 0 Å². The first-order valence-corrected chi connectivity index (χ1v) is 8.40. The van der Waals surface area contributed by atoms with Gasteiger partial charge in [0.2, 0.25) is 0 Å². The third kappa shape index (κ3) is 3.69. The van der Waals surface area contributed by atoms with Crippen LogP contribution in [-0.2, 0) is 4.74 Å². The van der Waals surface area contributed by atoms with Crippen molar-refractivity contribution in [2.75, 3.05) is 38.2 Å². The molecule has 0 aromatic heterocycles.